The SMILES string of the molecule is CC(C)n1c(CCNC(=O)c2cc(-c3ccco3)nn2-c2ccccc2)n[nH]c1=S. The minimum atomic E-state index is -0.227. The normalized spacial score (nSPS) is 11.2. The van der Waals surface area contributed by atoms with Crippen LogP contribution < -0.4 is 5.32 Å². The van der Waals surface area contributed by atoms with Gasteiger partial charge in [0.25, 0.3) is 5.91 Å². The monoisotopic (exact) mass is 422 g/mol. The van der Waals surface area contributed by atoms with Crippen molar-refractivity contribution in [3.63, 3.8) is 0 Å². The predicted octanol–water partition coefficient (Wildman–Crippen LogP) is 3.94. The number of H-pyrrole nitrogens is 1. The van der Waals surface area contributed by atoms with Gasteiger partial charge in [-0.1, -0.05) is 18.2 Å². The summed E-state index contributed by atoms with van der Waals surface area (Å²) in [5.74, 6) is 1.18. The number of amides is 1. The molecule has 8 nitrogen and oxygen atoms in total. The van der Waals surface area contributed by atoms with Crippen LogP contribution in [0.5, 0.6) is 0 Å². The highest BCUT2D eigenvalue weighted by Gasteiger charge is 2.19. The number of aromatic nitrogens is 5. The number of carbonyl (C=O) groups excluding carboxylic acids is 1. The number of rotatable bonds is 7. The van der Waals surface area contributed by atoms with Gasteiger partial charge in [-0.05, 0) is 50.3 Å². The summed E-state index contributed by atoms with van der Waals surface area (Å²) in [6.07, 6.45) is 2.14. The lowest BCUT2D eigenvalue weighted by Gasteiger charge is -2.11. The van der Waals surface area contributed by atoms with Crippen molar-refractivity contribution in [1.82, 2.24) is 29.9 Å². The zero-order valence-corrected chi connectivity index (χ0v) is 17.5. The lowest BCUT2D eigenvalue weighted by atomic mass is 10.2. The Labute approximate surface area is 178 Å². The molecule has 0 saturated heterocycles. The molecule has 0 aliphatic carbocycles. The average Bonchev–Trinajstić information content (AvgIpc) is 3.48. The average molecular weight is 423 g/mol. The smallest absolute Gasteiger partial charge is 0.270 e. The van der Waals surface area contributed by atoms with Crippen molar-refractivity contribution in [2.45, 2.75) is 26.3 Å². The number of para-hydroxylation sites is 1. The molecule has 30 heavy (non-hydrogen) atoms. The molecule has 2 N–H and O–H groups in total. The van der Waals surface area contributed by atoms with Gasteiger partial charge in [0.1, 0.15) is 17.2 Å². The van der Waals surface area contributed by atoms with Crippen LogP contribution in [0.4, 0.5) is 0 Å². The van der Waals surface area contributed by atoms with Gasteiger partial charge in [0, 0.05) is 25.1 Å². The van der Waals surface area contributed by atoms with Crippen LogP contribution in [0.3, 0.4) is 0 Å². The van der Waals surface area contributed by atoms with Crippen LogP contribution in [0.15, 0.2) is 59.2 Å². The van der Waals surface area contributed by atoms with E-state index in [1.165, 1.54) is 0 Å². The van der Waals surface area contributed by atoms with E-state index in [1.54, 1.807) is 23.1 Å². The highest BCUT2D eigenvalue weighted by Crippen LogP contribution is 2.22. The molecule has 0 bridgehead atoms. The van der Waals surface area contributed by atoms with Crippen molar-refractivity contribution < 1.29 is 9.21 Å². The largest absolute Gasteiger partial charge is 0.463 e. The van der Waals surface area contributed by atoms with E-state index in [4.69, 9.17) is 16.6 Å². The molecule has 9 heteroatoms. The fourth-order valence-electron chi connectivity index (χ4n) is 3.28. The number of aromatic amines is 1. The van der Waals surface area contributed by atoms with Crippen LogP contribution in [-0.2, 0) is 6.42 Å². The summed E-state index contributed by atoms with van der Waals surface area (Å²) in [5, 5.41) is 14.6. The van der Waals surface area contributed by atoms with Crippen molar-refractivity contribution in [1.29, 1.82) is 0 Å². The van der Waals surface area contributed by atoms with Crippen molar-refractivity contribution in [2.24, 2.45) is 0 Å². The van der Waals surface area contributed by atoms with Gasteiger partial charge in [0.05, 0.1) is 12.0 Å². The van der Waals surface area contributed by atoms with Crippen LogP contribution >= 0.6 is 12.2 Å². The standard InChI is InChI=1S/C21H22N6O2S/c1-14(2)26-19(23-24-21(26)30)10-11-22-20(28)17-13-16(18-9-6-12-29-18)25-27(17)15-7-4-3-5-8-15/h3-9,12-14H,10-11H2,1-2H3,(H,22,28)(H,24,30). The summed E-state index contributed by atoms with van der Waals surface area (Å²) in [5.41, 5.74) is 1.81. The maximum absolute atomic E-state index is 13.0. The Morgan fingerprint density at radius 2 is 2.03 bits per heavy atom. The Kier molecular flexibility index (Phi) is 5.62. The molecular formula is C21H22N6O2S. The van der Waals surface area contributed by atoms with Gasteiger partial charge in [0.2, 0.25) is 0 Å². The molecule has 154 valence electrons. The molecule has 1 amide bonds. The van der Waals surface area contributed by atoms with Crippen molar-refractivity contribution in [3.8, 4) is 17.1 Å². The van der Waals surface area contributed by atoms with Gasteiger partial charge < -0.3 is 14.3 Å². The third kappa shape index (κ3) is 3.97. The predicted molar refractivity (Wildman–Crippen MR) is 115 cm³/mol. The topological polar surface area (TPSA) is 93.7 Å². The van der Waals surface area contributed by atoms with E-state index < -0.39 is 0 Å². The lowest BCUT2D eigenvalue weighted by molar-refractivity contribution is 0.0946. The number of hydrogen-bond acceptors (Lipinski definition) is 5. The van der Waals surface area contributed by atoms with Crippen molar-refractivity contribution in [3.05, 3.63) is 71.1 Å². The van der Waals surface area contributed by atoms with Crippen LogP contribution in [0.25, 0.3) is 17.1 Å². The maximum Gasteiger partial charge on any atom is 0.270 e. The second kappa shape index (κ2) is 8.50. The van der Waals surface area contributed by atoms with Crippen LogP contribution in [0.2, 0.25) is 0 Å². The van der Waals surface area contributed by atoms with E-state index in [-0.39, 0.29) is 11.9 Å². The molecule has 4 rings (SSSR count). The second-order valence-corrected chi connectivity index (χ2v) is 7.44. The van der Waals surface area contributed by atoms with E-state index in [0.29, 0.717) is 34.9 Å². The number of hydrogen-bond donors (Lipinski definition) is 2. The summed E-state index contributed by atoms with van der Waals surface area (Å²) in [7, 11) is 0. The number of nitrogens with zero attached hydrogens (tertiary/aromatic N) is 4. The fourth-order valence-corrected chi connectivity index (χ4v) is 3.64. The van der Waals surface area contributed by atoms with Gasteiger partial charge in [-0.25, -0.2) is 4.68 Å². The zero-order valence-electron chi connectivity index (χ0n) is 16.7. The van der Waals surface area contributed by atoms with E-state index >= 15 is 0 Å². The molecule has 1 aromatic carbocycles. The molecule has 0 radical (unpaired) electrons. The number of benzene rings is 1. The molecule has 0 atom stereocenters. The van der Waals surface area contributed by atoms with E-state index in [1.807, 2.05) is 54.8 Å². The third-order valence-electron chi connectivity index (χ3n) is 4.64. The van der Waals surface area contributed by atoms with Crippen LogP contribution in [-0.4, -0.2) is 37.0 Å². The number of furan rings is 1. The van der Waals surface area contributed by atoms with Gasteiger partial charge in [-0.15, -0.1) is 0 Å². The first-order valence-corrected chi connectivity index (χ1v) is 10.1. The highest BCUT2D eigenvalue weighted by atomic mass is 32.1. The van der Waals surface area contributed by atoms with Crippen molar-refractivity contribution >= 4 is 18.1 Å². The van der Waals surface area contributed by atoms with Crippen LogP contribution in [0, 0.1) is 4.77 Å². The molecule has 0 aliphatic rings. The minimum Gasteiger partial charge on any atom is -0.463 e. The summed E-state index contributed by atoms with van der Waals surface area (Å²) in [6, 6.07) is 15.0. The fraction of sp³-hybridized carbons (Fsp3) is 0.238. The van der Waals surface area contributed by atoms with Crippen LogP contribution in [0.1, 0.15) is 36.2 Å². The minimum absolute atomic E-state index is 0.192. The molecule has 3 aromatic heterocycles. The Morgan fingerprint density at radius 1 is 1.23 bits per heavy atom. The summed E-state index contributed by atoms with van der Waals surface area (Å²) in [6.45, 7) is 4.51. The first kappa shape index (κ1) is 19.8. The molecule has 0 spiro atoms. The van der Waals surface area contributed by atoms with Gasteiger partial charge in [0.15, 0.2) is 10.5 Å². The quantitative estimate of drug-likeness (QED) is 0.440. The number of carbonyl (C=O) groups is 1. The lowest BCUT2D eigenvalue weighted by Crippen LogP contribution is -2.28. The molecule has 0 aliphatic heterocycles. The summed E-state index contributed by atoms with van der Waals surface area (Å²) >= 11 is 5.28. The molecule has 0 fully saturated rings. The van der Waals surface area contributed by atoms with Gasteiger partial charge in [-0.3, -0.25) is 9.89 Å². The van der Waals surface area contributed by atoms with E-state index in [2.05, 4.69) is 20.6 Å². The molecule has 0 unspecified atom stereocenters. The summed E-state index contributed by atoms with van der Waals surface area (Å²) < 4.78 is 9.60. The third-order valence-corrected chi connectivity index (χ3v) is 4.93. The molecular weight excluding hydrogens is 400 g/mol. The Hall–Kier alpha value is -3.46. The number of nitrogens with one attached hydrogen (secondary N) is 2. The van der Waals surface area contributed by atoms with E-state index in [9.17, 15) is 4.79 Å². The summed E-state index contributed by atoms with van der Waals surface area (Å²) in [4.78, 5) is 13.0. The molecule has 4 aromatic rings. The van der Waals surface area contributed by atoms with Gasteiger partial charge >= 0.3 is 0 Å². The first-order chi connectivity index (χ1) is 14.5. The zero-order chi connectivity index (χ0) is 21.1. The second-order valence-electron chi connectivity index (χ2n) is 7.05. The maximum atomic E-state index is 13.0. The highest BCUT2D eigenvalue weighted by molar-refractivity contribution is 7.71. The van der Waals surface area contributed by atoms with E-state index in [0.717, 1.165) is 11.5 Å². The first-order valence-electron chi connectivity index (χ1n) is 9.68. The Balaban J connectivity index is 1.55. The Morgan fingerprint density at radius 3 is 2.73 bits per heavy atom. The molecule has 3 heterocycles. The molecule has 0 saturated carbocycles. The van der Waals surface area contributed by atoms with Crippen molar-refractivity contribution in [2.75, 3.05) is 6.54 Å². The Bertz CT molecular complexity index is 1190. The van der Waals surface area contributed by atoms with Gasteiger partial charge in [-0.2, -0.15) is 10.2 Å².